The van der Waals surface area contributed by atoms with Gasteiger partial charge in [-0.05, 0) is 98.7 Å². The molecule has 1 aromatic rings. The summed E-state index contributed by atoms with van der Waals surface area (Å²) in [6.07, 6.45) is 15.0. The Bertz CT molecular complexity index is 1110. The number of hydrogen-bond acceptors (Lipinski definition) is 4. The number of fused-ring (bicyclic) bond motifs is 5. The number of carbonyl (C=O) groups is 3. The Hall–Kier alpha value is -2.70. The highest BCUT2D eigenvalue weighted by Crippen LogP contribution is 2.65. The minimum absolute atomic E-state index is 0.0220. The molecule has 0 aromatic carbocycles. The standard InChI is InChI=1S/C30H40N4O3/c1-29-13-11-23-21(7-9-24-30(23,2)14-12-26(35)32-24)22(29)8-6-20(29)17-27(36)33-25-10-5-19(18-31-25)28(37)34-15-3-4-16-34/h5,10,12,14,18,20-24H,3-4,6-9,11,13,15-17H2,1-2H3,(H,32,35)(H,31,33,36)/t20-,21+,22+,23+,24-,29-,30-/m1/s1. The second-order valence-corrected chi connectivity index (χ2v) is 12.7. The molecule has 1 saturated heterocycles. The van der Waals surface area contributed by atoms with Crippen LogP contribution in [0.1, 0.15) is 82.0 Å². The zero-order chi connectivity index (χ0) is 25.8. The number of rotatable bonds is 4. The van der Waals surface area contributed by atoms with Crippen molar-refractivity contribution in [3.8, 4) is 0 Å². The lowest BCUT2D eigenvalue weighted by Crippen LogP contribution is -2.59. The molecule has 3 heterocycles. The Morgan fingerprint density at radius 1 is 1.08 bits per heavy atom. The van der Waals surface area contributed by atoms with E-state index in [-0.39, 0.29) is 34.6 Å². The number of amides is 3. The molecule has 0 bridgehead atoms. The first-order valence-corrected chi connectivity index (χ1v) is 14.3. The van der Waals surface area contributed by atoms with E-state index in [9.17, 15) is 14.4 Å². The second-order valence-electron chi connectivity index (χ2n) is 12.7. The lowest BCUT2D eigenvalue weighted by atomic mass is 9.48. The van der Waals surface area contributed by atoms with Gasteiger partial charge in [0.15, 0.2) is 0 Å². The van der Waals surface area contributed by atoms with Crippen LogP contribution in [0.2, 0.25) is 0 Å². The van der Waals surface area contributed by atoms with Gasteiger partial charge in [-0.2, -0.15) is 0 Å². The molecule has 0 radical (unpaired) electrons. The van der Waals surface area contributed by atoms with Crippen LogP contribution < -0.4 is 10.6 Å². The van der Waals surface area contributed by atoms with Gasteiger partial charge in [-0.3, -0.25) is 14.4 Å². The first-order chi connectivity index (χ1) is 17.8. The van der Waals surface area contributed by atoms with E-state index < -0.39 is 0 Å². The molecule has 0 unspecified atom stereocenters. The molecule has 6 rings (SSSR count). The molecule has 3 aliphatic carbocycles. The molecule has 37 heavy (non-hydrogen) atoms. The van der Waals surface area contributed by atoms with Crippen molar-refractivity contribution < 1.29 is 14.4 Å². The van der Waals surface area contributed by atoms with Gasteiger partial charge in [0.05, 0.1) is 5.56 Å². The monoisotopic (exact) mass is 504 g/mol. The zero-order valence-electron chi connectivity index (χ0n) is 22.2. The predicted molar refractivity (Wildman–Crippen MR) is 142 cm³/mol. The summed E-state index contributed by atoms with van der Waals surface area (Å²) in [5, 5.41) is 6.23. The van der Waals surface area contributed by atoms with Crippen LogP contribution in [0.25, 0.3) is 0 Å². The largest absolute Gasteiger partial charge is 0.349 e. The van der Waals surface area contributed by atoms with Crippen LogP contribution in [-0.4, -0.2) is 46.7 Å². The normalized spacial score (nSPS) is 38.4. The van der Waals surface area contributed by atoms with E-state index in [1.54, 1.807) is 24.4 Å². The maximum absolute atomic E-state index is 13.1. The molecule has 0 spiro atoms. The third-order valence-electron chi connectivity index (χ3n) is 11.0. The summed E-state index contributed by atoms with van der Waals surface area (Å²) in [6, 6.07) is 3.78. The van der Waals surface area contributed by atoms with Crippen molar-refractivity contribution in [1.82, 2.24) is 15.2 Å². The summed E-state index contributed by atoms with van der Waals surface area (Å²) in [7, 11) is 0. The average molecular weight is 505 g/mol. The highest BCUT2D eigenvalue weighted by Gasteiger charge is 2.59. The third-order valence-corrected chi connectivity index (χ3v) is 11.0. The number of carbonyl (C=O) groups excluding carboxylic acids is 3. The molecule has 2 aliphatic heterocycles. The number of aromatic nitrogens is 1. The van der Waals surface area contributed by atoms with E-state index in [2.05, 4.69) is 35.5 Å². The van der Waals surface area contributed by atoms with Gasteiger partial charge >= 0.3 is 0 Å². The lowest BCUT2D eigenvalue weighted by Gasteiger charge is -2.59. The van der Waals surface area contributed by atoms with E-state index in [0.29, 0.717) is 41.5 Å². The average Bonchev–Trinajstić information content (AvgIpc) is 3.53. The number of nitrogens with one attached hydrogen (secondary N) is 2. The summed E-state index contributed by atoms with van der Waals surface area (Å²) >= 11 is 0. The Morgan fingerprint density at radius 3 is 2.65 bits per heavy atom. The van der Waals surface area contributed by atoms with Crippen LogP contribution in [0.5, 0.6) is 0 Å². The Balaban J connectivity index is 1.09. The van der Waals surface area contributed by atoms with Crippen LogP contribution in [-0.2, 0) is 9.59 Å². The summed E-state index contributed by atoms with van der Waals surface area (Å²) in [5.74, 6) is 2.89. The molecule has 5 aliphatic rings. The van der Waals surface area contributed by atoms with Crippen molar-refractivity contribution in [2.45, 2.75) is 77.7 Å². The number of pyridine rings is 1. The zero-order valence-corrected chi connectivity index (χ0v) is 22.2. The van der Waals surface area contributed by atoms with Crippen molar-refractivity contribution in [2.75, 3.05) is 18.4 Å². The highest BCUT2D eigenvalue weighted by atomic mass is 16.2. The summed E-state index contributed by atoms with van der Waals surface area (Å²) in [5.41, 5.74) is 0.809. The van der Waals surface area contributed by atoms with Crippen LogP contribution in [0.4, 0.5) is 5.82 Å². The van der Waals surface area contributed by atoms with Gasteiger partial charge in [0.2, 0.25) is 11.8 Å². The number of nitrogens with zero attached hydrogens (tertiary/aromatic N) is 2. The maximum Gasteiger partial charge on any atom is 0.255 e. The van der Waals surface area contributed by atoms with Gasteiger partial charge < -0.3 is 15.5 Å². The fourth-order valence-electron chi connectivity index (χ4n) is 8.89. The minimum Gasteiger partial charge on any atom is -0.349 e. The molecule has 7 heteroatoms. The summed E-state index contributed by atoms with van der Waals surface area (Å²) in [6.45, 7) is 6.41. The van der Waals surface area contributed by atoms with Crippen LogP contribution in [0.15, 0.2) is 30.5 Å². The van der Waals surface area contributed by atoms with Gasteiger partial charge in [-0.15, -0.1) is 0 Å². The number of likely N-dealkylation sites (tertiary alicyclic amines) is 1. The van der Waals surface area contributed by atoms with Gasteiger partial charge in [0.25, 0.3) is 5.91 Å². The first kappa shape index (κ1) is 24.6. The maximum atomic E-state index is 13.1. The van der Waals surface area contributed by atoms with Gasteiger partial charge in [0, 0.05) is 37.2 Å². The SMILES string of the molecule is C[C@]12C=CC(=O)N[C@@H]1CC[C@@H]1[C@@H]2CC[C@]2(C)[C@@H](CC(=O)Nc3ccc(C(=O)N4CCCC4)cn3)CC[C@@H]12. The topological polar surface area (TPSA) is 91.4 Å². The highest BCUT2D eigenvalue weighted by molar-refractivity contribution is 5.95. The van der Waals surface area contributed by atoms with Crippen molar-refractivity contribution in [2.24, 2.45) is 34.5 Å². The summed E-state index contributed by atoms with van der Waals surface area (Å²) in [4.78, 5) is 43.9. The molecule has 7 nitrogen and oxygen atoms in total. The fourth-order valence-corrected chi connectivity index (χ4v) is 8.89. The van der Waals surface area contributed by atoms with Crippen LogP contribution in [0, 0.1) is 34.5 Å². The Labute approximate surface area is 219 Å². The van der Waals surface area contributed by atoms with E-state index in [1.165, 1.54) is 12.8 Å². The molecular formula is C30H40N4O3. The first-order valence-electron chi connectivity index (χ1n) is 14.3. The molecule has 3 saturated carbocycles. The summed E-state index contributed by atoms with van der Waals surface area (Å²) < 4.78 is 0. The van der Waals surface area contributed by atoms with Crippen molar-refractivity contribution in [3.63, 3.8) is 0 Å². The van der Waals surface area contributed by atoms with Gasteiger partial charge in [0.1, 0.15) is 5.82 Å². The minimum atomic E-state index is 0.0220. The third kappa shape index (κ3) is 4.18. The van der Waals surface area contributed by atoms with Crippen molar-refractivity contribution >= 4 is 23.5 Å². The smallest absolute Gasteiger partial charge is 0.255 e. The predicted octanol–water partition coefficient (Wildman–Crippen LogP) is 4.56. The number of anilines is 1. The Morgan fingerprint density at radius 2 is 1.89 bits per heavy atom. The molecule has 1 aromatic heterocycles. The Kier molecular flexibility index (Phi) is 6.15. The van der Waals surface area contributed by atoms with E-state index >= 15 is 0 Å². The van der Waals surface area contributed by atoms with Crippen molar-refractivity contribution in [3.05, 3.63) is 36.0 Å². The second kappa shape index (κ2) is 9.25. The van der Waals surface area contributed by atoms with Crippen LogP contribution >= 0.6 is 0 Å². The molecule has 3 amide bonds. The quantitative estimate of drug-likeness (QED) is 0.629. The van der Waals surface area contributed by atoms with Crippen LogP contribution in [0.3, 0.4) is 0 Å². The molecule has 2 N–H and O–H groups in total. The molecular weight excluding hydrogens is 464 g/mol. The van der Waals surface area contributed by atoms with E-state index in [1.807, 2.05) is 4.90 Å². The van der Waals surface area contributed by atoms with E-state index in [4.69, 9.17) is 0 Å². The molecule has 198 valence electrons. The van der Waals surface area contributed by atoms with Crippen molar-refractivity contribution in [1.29, 1.82) is 0 Å². The van der Waals surface area contributed by atoms with Gasteiger partial charge in [-0.25, -0.2) is 4.98 Å². The lowest BCUT2D eigenvalue weighted by molar-refractivity contribution is -0.123. The molecule has 4 fully saturated rings. The van der Waals surface area contributed by atoms with Gasteiger partial charge in [-0.1, -0.05) is 19.9 Å². The fraction of sp³-hybridized carbons (Fsp3) is 0.667. The number of hydrogen-bond donors (Lipinski definition) is 2. The van der Waals surface area contributed by atoms with E-state index in [0.717, 1.165) is 51.6 Å². The molecule has 7 atom stereocenters.